The molecule has 1 aliphatic heterocycles. The first-order valence-electron chi connectivity index (χ1n) is 9.17. The van der Waals surface area contributed by atoms with Crippen molar-refractivity contribution in [2.75, 3.05) is 25.1 Å². The number of halogens is 1. The number of aromatic nitrogens is 2. The lowest BCUT2D eigenvalue weighted by Gasteiger charge is -2.31. The van der Waals surface area contributed by atoms with Gasteiger partial charge >= 0.3 is 0 Å². The van der Waals surface area contributed by atoms with Gasteiger partial charge in [0.2, 0.25) is 0 Å². The summed E-state index contributed by atoms with van der Waals surface area (Å²) in [5.41, 5.74) is 5.62. The molecule has 146 valence electrons. The first-order valence-corrected chi connectivity index (χ1v) is 10.5. The summed E-state index contributed by atoms with van der Waals surface area (Å²) in [5.74, 6) is -0.0184. The second-order valence-corrected chi connectivity index (χ2v) is 8.14. The van der Waals surface area contributed by atoms with Gasteiger partial charge in [-0.3, -0.25) is 4.21 Å². The predicted octanol–water partition coefficient (Wildman–Crippen LogP) is 4.26. The van der Waals surface area contributed by atoms with Gasteiger partial charge in [-0.1, -0.05) is 24.3 Å². The summed E-state index contributed by atoms with van der Waals surface area (Å²) < 4.78 is 32.0. The number of ether oxygens (including phenoxy) is 1. The Balaban J connectivity index is 1.69. The van der Waals surface area contributed by atoms with Crippen molar-refractivity contribution in [3.63, 3.8) is 0 Å². The van der Waals surface area contributed by atoms with Crippen molar-refractivity contribution in [3.8, 4) is 5.75 Å². The molecule has 1 aromatic heterocycles. The summed E-state index contributed by atoms with van der Waals surface area (Å²) in [7, 11) is 0.0227. The highest BCUT2D eigenvalue weighted by molar-refractivity contribution is 7.84. The highest BCUT2D eigenvalue weighted by atomic mass is 32.2. The Morgan fingerprint density at radius 3 is 2.93 bits per heavy atom. The van der Waals surface area contributed by atoms with Gasteiger partial charge in [0.05, 0.1) is 34.7 Å². The van der Waals surface area contributed by atoms with Gasteiger partial charge in [0.15, 0.2) is 16.7 Å². The minimum Gasteiger partial charge on any atom is -0.494 e. The molecule has 5 nitrogen and oxygen atoms in total. The molecule has 0 aliphatic carbocycles. The van der Waals surface area contributed by atoms with Gasteiger partial charge in [-0.2, -0.15) is 0 Å². The maximum atomic E-state index is 13.9. The van der Waals surface area contributed by atoms with Crippen LogP contribution in [0.5, 0.6) is 5.75 Å². The van der Waals surface area contributed by atoms with Crippen LogP contribution in [-0.2, 0) is 16.6 Å². The molecule has 2 aromatic carbocycles. The number of benzene rings is 2. The second-order valence-electron chi connectivity index (χ2n) is 6.77. The summed E-state index contributed by atoms with van der Waals surface area (Å²) in [6.45, 7) is 5.95. The quantitative estimate of drug-likeness (QED) is 0.696. The summed E-state index contributed by atoms with van der Waals surface area (Å²) in [6, 6.07) is 8.95. The molecule has 0 saturated heterocycles. The lowest BCUT2D eigenvalue weighted by Crippen LogP contribution is -2.28. The van der Waals surface area contributed by atoms with Gasteiger partial charge in [-0.15, -0.1) is 0 Å². The monoisotopic (exact) mass is 399 g/mol. The largest absolute Gasteiger partial charge is 0.494 e. The summed E-state index contributed by atoms with van der Waals surface area (Å²) >= 11 is 0. The highest BCUT2D eigenvalue weighted by Gasteiger charge is 2.21. The van der Waals surface area contributed by atoms with Crippen LogP contribution in [-0.4, -0.2) is 34.4 Å². The molecule has 4 rings (SSSR count). The van der Waals surface area contributed by atoms with Crippen LogP contribution in [0.2, 0.25) is 0 Å². The fraction of sp³-hybridized carbons (Fsp3) is 0.286. The van der Waals surface area contributed by atoms with E-state index in [4.69, 9.17) is 4.74 Å². The third-order valence-electron chi connectivity index (χ3n) is 5.10. The molecule has 1 N–H and O–H groups in total. The smallest absolute Gasteiger partial charge is 0.197 e. The fourth-order valence-electron chi connectivity index (χ4n) is 3.60. The number of rotatable bonds is 5. The molecule has 7 heteroatoms. The maximum Gasteiger partial charge on any atom is 0.197 e. The number of nitrogens with zero attached hydrogens (tertiary/aromatic N) is 2. The van der Waals surface area contributed by atoms with Gasteiger partial charge in [0, 0.05) is 36.5 Å². The van der Waals surface area contributed by atoms with Gasteiger partial charge in [0.1, 0.15) is 0 Å². The predicted molar refractivity (Wildman–Crippen MR) is 111 cm³/mol. The number of imidazole rings is 1. The van der Waals surface area contributed by atoms with Crippen molar-refractivity contribution in [2.45, 2.75) is 24.8 Å². The van der Waals surface area contributed by atoms with Crippen molar-refractivity contribution in [1.29, 1.82) is 0 Å². The molecule has 3 aromatic rings. The number of para-hydroxylation sites is 1. The van der Waals surface area contributed by atoms with Crippen LogP contribution in [0.1, 0.15) is 25.0 Å². The number of hydrogen-bond acceptors (Lipinski definition) is 4. The average Bonchev–Trinajstić information content (AvgIpc) is 3.11. The van der Waals surface area contributed by atoms with E-state index in [-0.39, 0.29) is 5.75 Å². The molecule has 1 unspecified atom stereocenters. The molecular weight excluding hydrogens is 377 g/mol. The minimum atomic E-state index is -1.38. The van der Waals surface area contributed by atoms with E-state index >= 15 is 0 Å². The van der Waals surface area contributed by atoms with Crippen LogP contribution in [0.3, 0.4) is 0 Å². The van der Waals surface area contributed by atoms with Crippen LogP contribution in [0, 0.1) is 5.82 Å². The van der Waals surface area contributed by atoms with E-state index in [1.54, 1.807) is 0 Å². The standard InChI is InChI=1S/C21H22FN3O2S/c1-4-25-9-8-13(2)15-7-5-6-14(20(15)25)12-28(26)21-23-17-10-16(22)19(27-3)11-18(17)24-21/h5-8,10-11H,4,9,12H2,1-3H3,(H,23,24). The van der Waals surface area contributed by atoms with E-state index in [2.05, 4.69) is 40.9 Å². The van der Waals surface area contributed by atoms with Gasteiger partial charge in [-0.25, -0.2) is 9.37 Å². The average molecular weight is 399 g/mol. The number of nitrogens with one attached hydrogen (secondary N) is 1. The Kier molecular flexibility index (Phi) is 4.93. The molecule has 0 radical (unpaired) electrons. The van der Waals surface area contributed by atoms with Crippen molar-refractivity contribution in [1.82, 2.24) is 9.97 Å². The van der Waals surface area contributed by atoms with Crippen LogP contribution < -0.4 is 9.64 Å². The highest BCUT2D eigenvalue weighted by Crippen LogP contribution is 2.35. The van der Waals surface area contributed by atoms with Crippen LogP contribution in [0.25, 0.3) is 16.6 Å². The Morgan fingerprint density at radius 2 is 2.18 bits per heavy atom. The first-order chi connectivity index (χ1) is 13.5. The topological polar surface area (TPSA) is 58.2 Å². The molecular formula is C21H22FN3O2S. The zero-order chi connectivity index (χ0) is 19.8. The fourth-order valence-corrected chi connectivity index (χ4v) is 4.67. The van der Waals surface area contributed by atoms with E-state index in [0.717, 1.165) is 24.3 Å². The van der Waals surface area contributed by atoms with Crippen molar-refractivity contribution in [2.24, 2.45) is 0 Å². The number of methoxy groups -OCH3 is 1. The normalized spacial score (nSPS) is 14.7. The van der Waals surface area contributed by atoms with Crippen molar-refractivity contribution >= 4 is 33.1 Å². The Labute approximate surface area is 165 Å². The molecule has 2 heterocycles. The third-order valence-corrected chi connectivity index (χ3v) is 6.29. The van der Waals surface area contributed by atoms with Gasteiger partial charge in [0.25, 0.3) is 0 Å². The first kappa shape index (κ1) is 18.7. The molecule has 1 aliphatic rings. The maximum absolute atomic E-state index is 13.9. The molecule has 28 heavy (non-hydrogen) atoms. The van der Waals surface area contributed by atoms with E-state index < -0.39 is 16.6 Å². The van der Waals surface area contributed by atoms with Gasteiger partial charge < -0.3 is 14.6 Å². The number of anilines is 1. The zero-order valence-corrected chi connectivity index (χ0v) is 16.9. The molecule has 0 spiro atoms. The van der Waals surface area contributed by atoms with E-state index in [1.807, 2.05) is 12.1 Å². The summed E-state index contributed by atoms with van der Waals surface area (Å²) in [6.07, 6.45) is 2.22. The van der Waals surface area contributed by atoms with Crippen LogP contribution >= 0.6 is 0 Å². The number of aromatic amines is 1. The van der Waals surface area contributed by atoms with Crippen LogP contribution in [0.4, 0.5) is 10.1 Å². The summed E-state index contributed by atoms with van der Waals surface area (Å²) in [5, 5.41) is 0.339. The minimum absolute atomic E-state index is 0.120. The zero-order valence-electron chi connectivity index (χ0n) is 16.1. The van der Waals surface area contributed by atoms with Crippen molar-refractivity contribution < 1.29 is 13.3 Å². The lowest BCUT2D eigenvalue weighted by atomic mass is 9.97. The second kappa shape index (κ2) is 7.39. The molecule has 1 atom stereocenters. The molecule has 0 amide bonds. The number of fused-ring (bicyclic) bond motifs is 2. The van der Waals surface area contributed by atoms with E-state index in [0.29, 0.717) is 21.9 Å². The number of hydrogen-bond donors (Lipinski definition) is 1. The molecule has 0 saturated carbocycles. The SMILES string of the molecule is CCN1CC=C(C)c2cccc(CS(=O)c3nc4cc(OC)c(F)cc4[nH]3)c21. The number of allylic oxidation sites excluding steroid dienone is 1. The third kappa shape index (κ3) is 3.20. The molecule has 0 fully saturated rings. The Bertz CT molecular complexity index is 1110. The van der Waals surface area contributed by atoms with Crippen LogP contribution in [0.15, 0.2) is 41.6 Å². The lowest BCUT2D eigenvalue weighted by molar-refractivity contribution is 0.387. The summed E-state index contributed by atoms with van der Waals surface area (Å²) in [4.78, 5) is 9.67. The van der Waals surface area contributed by atoms with Crippen molar-refractivity contribution in [3.05, 3.63) is 53.4 Å². The Hall–Kier alpha value is -2.67. The van der Waals surface area contributed by atoms with E-state index in [1.165, 1.54) is 30.4 Å². The molecule has 0 bridgehead atoms. The Morgan fingerprint density at radius 1 is 1.36 bits per heavy atom. The van der Waals surface area contributed by atoms with Gasteiger partial charge in [-0.05, 0) is 25.0 Å². The number of H-pyrrole nitrogens is 1. The van der Waals surface area contributed by atoms with E-state index in [9.17, 15) is 8.60 Å². The number of likely N-dealkylation sites (N-methyl/N-ethyl adjacent to an activating group) is 1.